The number of hydrogen-bond donors (Lipinski definition) is 1. The molecule has 0 spiro atoms. The van der Waals surface area contributed by atoms with E-state index in [0.29, 0.717) is 28.1 Å². The van der Waals surface area contributed by atoms with Crippen LogP contribution >= 0.6 is 11.3 Å². The van der Waals surface area contributed by atoms with Gasteiger partial charge in [0, 0.05) is 10.6 Å². The van der Waals surface area contributed by atoms with Gasteiger partial charge in [-0.05, 0) is 36.2 Å². The van der Waals surface area contributed by atoms with Crippen LogP contribution in [0.4, 0.5) is 5.69 Å². The SMILES string of the molecule is CCCCOC(=O)c1cccc(NC(=O)Cn2cnc3sc(-c4ccccc4)cc3c2=O)c1. The Morgan fingerprint density at radius 1 is 1.09 bits per heavy atom. The lowest BCUT2D eigenvalue weighted by Gasteiger charge is -2.09. The number of carbonyl (C=O) groups is 2. The first kappa shape index (κ1) is 22.4. The molecule has 4 rings (SSSR count). The van der Waals surface area contributed by atoms with Gasteiger partial charge < -0.3 is 10.1 Å². The summed E-state index contributed by atoms with van der Waals surface area (Å²) in [6.45, 7) is 2.19. The van der Waals surface area contributed by atoms with Crippen molar-refractivity contribution in [2.75, 3.05) is 11.9 Å². The van der Waals surface area contributed by atoms with E-state index in [9.17, 15) is 14.4 Å². The van der Waals surface area contributed by atoms with E-state index in [1.54, 1.807) is 24.3 Å². The Bertz CT molecular complexity index is 1340. The van der Waals surface area contributed by atoms with Gasteiger partial charge in [-0.3, -0.25) is 14.2 Å². The predicted octanol–water partition coefficient (Wildman–Crippen LogP) is 4.72. The molecule has 0 unspecified atom stereocenters. The molecule has 0 saturated heterocycles. The number of esters is 1. The van der Waals surface area contributed by atoms with E-state index in [1.807, 2.05) is 43.3 Å². The highest BCUT2D eigenvalue weighted by Gasteiger charge is 2.13. The number of ether oxygens (including phenoxy) is 1. The highest BCUT2D eigenvalue weighted by Crippen LogP contribution is 2.30. The number of nitrogens with zero attached hydrogens (tertiary/aromatic N) is 2. The number of benzene rings is 2. The number of fused-ring (bicyclic) bond motifs is 1. The zero-order valence-electron chi connectivity index (χ0n) is 18.1. The Hall–Kier alpha value is -3.78. The van der Waals surface area contributed by atoms with Gasteiger partial charge in [-0.15, -0.1) is 11.3 Å². The van der Waals surface area contributed by atoms with E-state index in [2.05, 4.69) is 10.3 Å². The molecular formula is C25H23N3O4S. The second-order valence-electron chi connectivity index (χ2n) is 7.49. The minimum absolute atomic E-state index is 0.191. The number of amides is 1. The van der Waals surface area contributed by atoms with Crippen LogP contribution in [-0.2, 0) is 16.1 Å². The fourth-order valence-electron chi connectivity index (χ4n) is 3.29. The van der Waals surface area contributed by atoms with Crippen molar-refractivity contribution < 1.29 is 14.3 Å². The molecule has 2 heterocycles. The second kappa shape index (κ2) is 10.2. The van der Waals surface area contributed by atoms with E-state index >= 15 is 0 Å². The third-order valence-electron chi connectivity index (χ3n) is 5.00. The van der Waals surface area contributed by atoms with Gasteiger partial charge in [0.1, 0.15) is 11.4 Å². The minimum Gasteiger partial charge on any atom is -0.462 e. The van der Waals surface area contributed by atoms with E-state index in [4.69, 9.17) is 4.74 Å². The summed E-state index contributed by atoms with van der Waals surface area (Å²) in [6, 6.07) is 18.1. The van der Waals surface area contributed by atoms with E-state index in [0.717, 1.165) is 23.3 Å². The van der Waals surface area contributed by atoms with Crippen LogP contribution in [0, 0.1) is 0 Å². The number of unbranched alkanes of at least 4 members (excludes halogenated alkanes) is 1. The molecule has 1 amide bonds. The maximum atomic E-state index is 12.9. The van der Waals surface area contributed by atoms with Crippen molar-refractivity contribution in [3.63, 3.8) is 0 Å². The maximum Gasteiger partial charge on any atom is 0.338 e. The third-order valence-corrected chi connectivity index (χ3v) is 6.10. The number of thiophene rings is 1. The third kappa shape index (κ3) is 5.35. The molecule has 8 heteroatoms. The summed E-state index contributed by atoms with van der Waals surface area (Å²) < 4.78 is 6.49. The molecule has 2 aromatic carbocycles. The smallest absolute Gasteiger partial charge is 0.338 e. The number of anilines is 1. The van der Waals surface area contributed by atoms with Crippen molar-refractivity contribution in [2.45, 2.75) is 26.3 Å². The first-order valence-corrected chi connectivity index (χ1v) is 11.5. The molecular weight excluding hydrogens is 438 g/mol. The summed E-state index contributed by atoms with van der Waals surface area (Å²) in [4.78, 5) is 43.6. The fraction of sp³-hybridized carbons (Fsp3) is 0.200. The Labute approximate surface area is 194 Å². The molecule has 0 saturated carbocycles. The first-order valence-electron chi connectivity index (χ1n) is 10.7. The number of hydrogen-bond acceptors (Lipinski definition) is 6. The molecule has 0 atom stereocenters. The zero-order chi connectivity index (χ0) is 23.2. The Balaban J connectivity index is 1.47. The van der Waals surface area contributed by atoms with E-state index in [-0.39, 0.29) is 12.1 Å². The normalized spacial score (nSPS) is 10.8. The van der Waals surface area contributed by atoms with Crippen LogP contribution in [0.1, 0.15) is 30.1 Å². The molecule has 0 aliphatic carbocycles. The Kier molecular flexibility index (Phi) is 6.95. The lowest BCUT2D eigenvalue weighted by molar-refractivity contribution is -0.116. The molecule has 0 aliphatic heterocycles. The topological polar surface area (TPSA) is 90.3 Å². The van der Waals surface area contributed by atoms with Gasteiger partial charge in [0.15, 0.2) is 0 Å². The van der Waals surface area contributed by atoms with Crippen molar-refractivity contribution in [1.29, 1.82) is 0 Å². The molecule has 0 aliphatic rings. The van der Waals surface area contributed by atoms with Gasteiger partial charge in [-0.25, -0.2) is 9.78 Å². The number of aromatic nitrogens is 2. The summed E-state index contributed by atoms with van der Waals surface area (Å²) in [5.74, 6) is -0.828. The number of carbonyl (C=O) groups excluding carboxylic acids is 2. The van der Waals surface area contributed by atoms with Crippen molar-refractivity contribution in [3.8, 4) is 10.4 Å². The zero-order valence-corrected chi connectivity index (χ0v) is 18.9. The lowest BCUT2D eigenvalue weighted by atomic mass is 10.2. The average Bonchev–Trinajstić information content (AvgIpc) is 3.27. The van der Waals surface area contributed by atoms with Crippen LogP contribution in [0.25, 0.3) is 20.7 Å². The summed E-state index contributed by atoms with van der Waals surface area (Å²) in [5, 5.41) is 3.21. The van der Waals surface area contributed by atoms with Gasteiger partial charge in [-0.1, -0.05) is 49.7 Å². The standard InChI is InChI=1S/C25H23N3O4S/c1-2-3-12-32-25(31)18-10-7-11-19(13-18)27-22(29)15-28-16-26-23-20(24(28)30)14-21(33-23)17-8-5-4-6-9-17/h4-11,13-14,16H,2-3,12,15H2,1H3,(H,27,29). The van der Waals surface area contributed by atoms with Crippen LogP contribution in [0.2, 0.25) is 0 Å². The van der Waals surface area contributed by atoms with Crippen LogP contribution in [-0.4, -0.2) is 28.0 Å². The molecule has 1 N–H and O–H groups in total. The first-order chi connectivity index (χ1) is 16.0. The molecule has 0 bridgehead atoms. The van der Waals surface area contributed by atoms with Gasteiger partial charge in [0.2, 0.25) is 5.91 Å². The predicted molar refractivity (Wildman–Crippen MR) is 130 cm³/mol. The maximum absolute atomic E-state index is 12.9. The molecule has 168 valence electrons. The quantitative estimate of drug-likeness (QED) is 0.303. The average molecular weight is 462 g/mol. The van der Waals surface area contributed by atoms with Crippen molar-refractivity contribution in [1.82, 2.24) is 9.55 Å². The van der Waals surface area contributed by atoms with Crippen LogP contribution in [0.3, 0.4) is 0 Å². The summed E-state index contributed by atoms with van der Waals surface area (Å²) >= 11 is 1.44. The number of nitrogens with one attached hydrogen (secondary N) is 1. The highest BCUT2D eigenvalue weighted by molar-refractivity contribution is 7.21. The van der Waals surface area contributed by atoms with E-state index in [1.165, 1.54) is 22.2 Å². The van der Waals surface area contributed by atoms with Crippen molar-refractivity contribution in [3.05, 3.63) is 82.9 Å². The highest BCUT2D eigenvalue weighted by atomic mass is 32.1. The van der Waals surface area contributed by atoms with Crippen molar-refractivity contribution >= 4 is 39.1 Å². The fourth-order valence-corrected chi connectivity index (χ4v) is 4.28. The van der Waals surface area contributed by atoms with Gasteiger partial charge >= 0.3 is 5.97 Å². The summed E-state index contributed by atoms with van der Waals surface area (Å²) in [7, 11) is 0. The summed E-state index contributed by atoms with van der Waals surface area (Å²) in [6.07, 6.45) is 3.12. The molecule has 33 heavy (non-hydrogen) atoms. The van der Waals surface area contributed by atoms with Gasteiger partial charge in [-0.2, -0.15) is 0 Å². The van der Waals surface area contributed by atoms with Gasteiger partial charge in [0.05, 0.1) is 23.9 Å². The summed E-state index contributed by atoms with van der Waals surface area (Å²) in [5.41, 5.74) is 1.55. The monoisotopic (exact) mass is 461 g/mol. The molecule has 7 nitrogen and oxygen atoms in total. The van der Waals surface area contributed by atoms with Gasteiger partial charge in [0.25, 0.3) is 5.56 Å². The number of rotatable bonds is 8. The minimum atomic E-state index is -0.433. The second-order valence-corrected chi connectivity index (χ2v) is 8.52. The molecule has 4 aromatic rings. The molecule has 2 aromatic heterocycles. The Morgan fingerprint density at radius 3 is 2.70 bits per heavy atom. The molecule has 0 radical (unpaired) electrons. The largest absolute Gasteiger partial charge is 0.462 e. The van der Waals surface area contributed by atoms with Crippen LogP contribution in [0.5, 0.6) is 0 Å². The van der Waals surface area contributed by atoms with Crippen LogP contribution in [0.15, 0.2) is 71.8 Å². The van der Waals surface area contributed by atoms with Crippen LogP contribution < -0.4 is 10.9 Å². The van der Waals surface area contributed by atoms with E-state index < -0.39 is 11.9 Å². The molecule has 0 fully saturated rings. The lowest BCUT2D eigenvalue weighted by Crippen LogP contribution is -2.27. The van der Waals surface area contributed by atoms with Crippen molar-refractivity contribution in [2.24, 2.45) is 0 Å². The Morgan fingerprint density at radius 2 is 1.91 bits per heavy atom.